The van der Waals surface area contributed by atoms with Gasteiger partial charge in [0.05, 0.1) is 12.2 Å². The molecular formula is C21H22N4O. The lowest BCUT2D eigenvalue weighted by Crippen LogP contribution is -2.25. The van der Waals surface area contributed by atoms with Crippen LogP contribution < -0.4 is 10.2 Å². The van der Waals surface area contributed by atoms with E-state index in [1.54, 1.807) is 0 Å². The highest BCUT2D eigenvalue weighted by atomic mass is 16.1. The molecule has 1 aromatic heterocycles. The molecule has 26 heavy (non-hydrogen) atoms. The molecule has 0 atom stereocenters. The van der Waals surface area contributed by atoms with Gasteiger partial charge in [-0.15, -0.1) is 0 Å². The Morgan fingerprint density at radius 3 is 2.69 bits per heavy atom. The standard InChI is InChI=1S/C21H22N4O/c1-15-13-17(24-21(23-15)25-11-4-5-12-25)14-22-20(26)19-10-6-8-16-7-2-3-9-18(16)19/h2-3,6-10,13H,4-5,11-12,14H2,1H3,(H,22,26). The Morgan fingerprint density at radius 1 is 1.08 bits per heavy atom. The molecule has 1 saturated heterocycles. The van der Waals surface area contributed by atoms with Gasteiger partial charge in [-0.1, -0.05) is 36.4 Å². The van der Waals surface area contributed by atoms with Crippen molar-refractivity contribution in [2.24, 2.45) is 0 Å². The number of anilines is 1. The Hall–Kier alpha value is -2.95. The minimum atomic E-state index is -0.0826. The van der Waals surface area contributed by atoms with Crippen LogP contribution >= 0.6 is 0 Å². The summed E-state index contributed by atoms with van der Waals surface area (Å²) in [6.45, 7) is 4.38. The maximum absolute atomic E-state index is 12.7. The molecule has 1 aliphatic rings. The van der Waals surface area contributed by atoms with Crippen molar-refractivity contribution in [3.05, 3.63) is 65.5 Å². The molecule has 0 unspecified atom stereocenters. The van der Waals surface area contributed by atoms with E-state index >= 15 is 0 Å². The summed E-state index contributed by atoms with van der Waals surface area (Å²) in [5.41, 5.74) is 2.46. The Bertz CT molecular complexity index is 942. The van der Waals surface area contributed by atoms with Crippen LogP contribution in [0.25, 0.3) is 10.8 Å². The third kappa shape index (κ3) is 3.38. The molecule has 0 spiro atoms. The molecule has 132 valence electrons. The summed E-state index contributed by atoms with van der Waals surface area (Å²) in [6.07, 6.45) is 2.37. The third-order valence-electron chi connectivity index (χ3n) is 4.75. The van der Waals surface area contributed by atoms with Crippen molar-refractivity contribution < 1.29 is 4.79 Å². The largest absolute Gasteiger partial charge is 0.346 e. The van der Waals surface area contributed by atoms with Gasteiger partial charge < -0.3 is 10.2 Å². The van der Waals surface area contributed by atoms with Crippen LogP contribution in [-0.4, -0.2) is 29.0 Å². The molecule has 0 radical (unpaired) electrons. The highest BCUT2D eigenvalue weighted by Crippen LogP contribution is 2.19. The van der Waals surface area contributed by atoms with E-state index in [1.807, 2.05) is 55.5 Å². The zero-order chi connectivity index (χ0) is 17.9. The number of carbonyl (C=O) groups excluding carboxylic acids is 1. The fourth-order valence-corrected chi connectivity index (χ4v) is 3.46. The van der Waals surface area contributed by atoms with Gasteiger partial charge in [0.2, 0.25) is 5.95 Å². The minimum Gasteiger partial charge on any atom is -0.346 e. The first-order valence-electron chi connectivity index (χ1n) is 9.06. The normalized spacial score (nSPS) is 14.0. The van der Waals surface area contributed by atoms with Crippen molar-refractivity contribution in [2.75, 3.05) is 18.0 Å². The van der Waals surface area contributed by atoms with Gasteiger partial charge in [-0.3, -0.25) is 4.79 Å². The predicted octanol–water partition coefficient (Wildman–Crippen LogP) is 3.47. The van der Waals surface area contributed by atoms with Crippen LogP contribution in [0, 0.1) is 6.92 Å². The van der Waals surface area contributed by atoms with E-state index in [2.05, 4.69) is 20.2 Å². The maximum Gasteiger partial charge on any atom is 0.252 e. The summed E-state index contributed by atoms with van der Waals surface area (Å²) in [4.78, 5) is 24.1. The van der Waals surface area contributed by atoms with E-state index in [0.29, 0.717) is 12.1 Å². The molecule has 2 aromatic carbocycles. The fraction of sp³-hybridized carbons (Fsp3) is 0.286. The van der Waals surface area contributed by atoms with Gasteiger partial charge >= 0.3 is 0 Å². The van der Waals surface area contributed by atoms with Gasteiger partial charge in [-0.25, -0.2) is 9.97 Å². The summed E-state index contributed by atoms with van der Waals surface area (Å²) >= 11 is 0. The molecule has 1 N–H and O–H groups in total. The summed E-state index contributed by atoms with van der Waals surface area (Å²) in [6, 6.07) is 15.6. The predicted molar refractivity (Wildman–Crippen MR) is 103 cm³/mol. The van der Waals surface area contributed by atoms with Gasteiger partial charge in [0.15, 0.2) is 0 Å². The van der Waals surface area contributed by atoms with E-state index in [-0.39, 0.29) is 5.91 Å². The van der Waals surface area contributed by atoms with Crippen molar-refractivity contribution in [2.45, 2.75) is 26.3 Å². The highest BCUT2D eigenvalue weighted by Gasteiger charge is 2.16. The summed E-state index contributed by atoms with van der Waals surface area (Å²) in [5, 5.41) is 5.03. The number of nitrogens with one attached hydrogen (secondary N) is 1. The molecule has 0 bridgehead atoms. The van der Waals surface area contributed by atoms with E-state index < -0.39 is 0 Å². The first-order valence-corrected chi connectivity index (χ1v) is 9.06. The van der Waals surface area contributed by atoms with Gasteiger partial charge in [0, 0.05) is 24.3 Å². The molecule has 0 aliphatic carbocycles. The number of fused-ring (bicyclic) bond motifs is 1. The van der Waals surface area contributed by atoms with Crippen LogP contribution in [0.2, 0.25) is 0 Å². The number of hydrogen-bond acceptors (Lipinski definition) is 4. The number of amides is 1. The van der Waals surface area contributed by atoms with E-state index in [4.69, 9.17) is 0 Å². The second kappa shape index (κ2) is 7.12. The quantitative estimate of drug-likeness (QED) is 0.786. The first-order chi connectivity index (χ1) is 12.7. The fourth-order valence-electron chi connectivity index (χ4n) is 3.46. The second-order valence-corrected chi connectivity index (χ2v) is 6.70. The van der Waals surface area contributed by atoms with E-state index in [0.717, 1.165) is 41.2 Å². The SMILES string of the molecule is Cc1cc(CNC(=O)c2cccc3ccccc23)nc(N2CCCC2)n1. The van der Waals surface area contributed by atoms with Crippen LogP contribution in [0.3, 0.4) is 0 Å². The lowest BCUT2D eigenvalue weighted by molar-refractivity contribution is 0.0952. The van der Waals surface area contributed by atoms with Gasteiger partial charge in [-0.05, 0) is 42.7 Å². The number of hydrogen-bond donors (Lipinski definition) is 1. The third-order valence-corrected chi connectivity index (χ3v) is 4.75. The van der Waals surface area contributed by atoms with Crippen LogP contribution in [0.15, 0.2) is 48.5 Å². The van der Waals surface area contributed by atoms with Gasteiger partial charge in [-0.2, -0.15) is 0 Å². The molecule has 0 saturated carbocycles. The number of aryl methyl sites for hydroxylation is 1. The van der Waals surface area contributed by atoms with Gasteiger partial charge in [0.1, 0.15) is 0 Å². The summed E-state index contributed by atoms with van der Waals surface area (Å²) < 4.78 is 0. The molecule has 1 amide bonds. The zero-order valence-corrected chi connectivity index (χ0v) is 14.9. The summed E-state index contributed by atoms with van der Waals surface area (Å²) in [5.74, 6) is 0.692. The van der Waals surface area contributed by atoms with Crippen LogP contribution in [0.4, 0.5) is 5.95 Å². The highest BCUT2D eigenvalue weighted by molar-refractivity contribution is 6.06. The molecule has 1 fully saturated rings. The Kier molecular flexibility index (Phi) is 4.52. The number of aromatic nitrogens is 2. The zero-order valence-electron chi connectivity index (χ0n) is 14.9. The molecule has 5 nitrogen and oxygen atoms in total. The molecule has 3 aromatic rings. The van der Waals surface area contributed by atoms with Crippen LogP contribution in [0.5, 0.6) is 0 Å². The smallest absolute Gasteiger partial charge is 0.252 e. The first kappa shape index (κ1) is 16.5. The van der Waals surface area contributed by atoms with Crippen molar-refractivity contribution in [1.29, 1.82) is 0 Å². The van der Waals surface area contributed by atoms with Crippen molar-refractivity contribution in [1.82, 2.24) is 15.3 Å². The number of carbonyl (C=O) groups is 1. The second-order valence-electron chi connectivity index (χ2n) is 6.70. The van der Waals surface area contributed by atoms with Crippen LogP contribution in [0.1, 0.15) is 34.6 Å². The maximum atomic E-state index is 12.7. The summed E-state index contributed by atoms with van der Waals surface area (Å²) in [7, 11) is 0. The average Bonchev–Trinajstić information content (AvgIpc) is 3.20. The van der Waals surface area contributed by atoms with E-state index in [9.17, 15) is 4.79 Å². The molecule has 2 heterocycles. The van der Waals surface area contributed by atoms with Gasteiger partial charge in [0.25, 0.3) is 5.91 Å². The average molecular weight is 346 g/mol. The molecule has 1 aliphatic heterocycles. The van der Waals surface area contributed by atoms with Crippen molar-refractivity contribution in [3.63, 3.8) is 0 Å². The van der Waals surface area contributed by atoms with Crippen molar-refractivity contribution in [3.8, 4) is 0 Å². The Labute approximate surface area is 153 Å². The molecule has 5 heteroatoms. The Morgan fingerprint density at radius 2 is 1.85 bits per heavy atom. The van der Waals surface area contributed by atoms with E-state index in [1.165, 1.54) is 12.8 Å². The monoisotopic (exact) mass is 346 g/mol. The lowest BCUT2D eigenvalue weighted by atomic mass is 10.0. The van der Waals surface area contributed by atoms with Crippen LogP contribution in [-0.2, 0) is 6.54 Å². The Balaban J connectivity index is 1.52. The minimum absolute atomic E-state index is 0.0826. The number of benzene rings is 2. The number of rotatable bonds is 4. The topological polar surface area (TPSA) is 58.1 Å². The molecular weight excluding hydrogens is 324 g/mol. The number of nitrogens with zero attached hydrogens (tertiary/aromatic N) is 3. The van der Waals surface area contributed by atoms with Crippen molar-refractivity contribution >= 4 is 22.6 Å². The molecule has 4 rings (SSSR count). The lowest BCUT2D eigenvalue weighted by Gasteiger charge is -2.16.